The molecule has 0 aliphatic heterocycles. The third-order valence-corrected chi connectivity index (χ3v) is 3.22. The van der Waals surface area contributed by atoms with Crippen molar-refractivity contribution < 1.29 is 4.92 Å². The number of nitrogens with zero attached hydrogens (tertiary/aromatic N) is 3. The highest BCUT2D eigenvalue weighted by Crippen LogP contribution is 2.30. The first kappa shape index (κ1) is 13.4. The van der Waals surface area contributed by atoms with Crippen molar-refractivity contribution in [3.63, 3.8) is 0 Å². The maximum atomic E-state index is 10.9. The van der Waals surface area contributed by atoms with E-state index in [0.29, 0.717) is 17.8 Å². The second-order valence-electron chi connectivity index (χ2n) is 3.93. The minimum Gasteiger partial charge on any atom is -0.378 e. The molecule has 0 fully saturated rings. The molecule has 0 bridgehead atoms. The second kappa shape index (κ2) is 5.75. The molecule has 1 aromatic carbocycles. The molecule has 0 aliphatic carbocycles. The Hall–Kier alpha value is -2.02. The SMILES string of the molecule is Cc1cc(Br)c(NCc2cnccn2)cc1[N+](=O)[O-]. The number of benzene rings is 1. The van der Waals surface area contributed by atoms with Gasteiger partial charge in [0.1, 0.15) is 0 Å². The summed E-state index contributed by atoms with van der Waals surface area (Å²) in [7, 11) is 0. The van der Waals surface area contributed by atoms with E-state index in [9.17, 15) is 10.1 Å². The molecule has 6 nitrogen and oxygen atoms in total. The van der Waals surface area contributed by atoms with E-state index < -0.39 is 4.92 Å². The van der Waals surface area contributed by atoms with E-state index in [-0.39, 0.29) is 5.69 Å². The Morgan fingerprint density at radius 2 is 2.21 bits per heavy atom. The predicted molar refractivity (Wildman–Crippen MR) is 74.9 cm³/mol. The van der Waals surface area contributed by atoms with Gasteiger partial charge in [0.05, 0.1) is 29.0 Å². The lowest BCUT2D eigenvalue weighted by Crippen LogP contribution is -2.03. The number of nitrogens with one attached hydrogen (secondary N) is 1. The summed E-state index contributed by atoms with van der Waals surface area (Å²) in [5.74, 6) is 0. The van der Waals surface area contributed by atoms with E-state index in [1.165, 1.54) is 6.07 Å². The topological polar surface area (TPSA) is 81.0 Å². The van der Waals surface area contributed by atoms with Crippen molar-refractivity contribution in [1.29, 1.82) is 0 Å². The summed E-state index contributed by atoms with van der Waals surface area (Å²) in [6.07, 6.45) is 4.84. The largest absolute Gasteiger partial charge is 0.378 e. The van der Waals surface area contributed by atoms with Crippen LogP contribution in [0.4, 0.5) is 11.4 Å². The molecular formula is C12H11BrN4O2. The van der Waals surface area contributed by atoms with Crippen molar-refractivity contribution in [3.05, 3.63) is 56.6 Å². The van der Waals surface area contributed by atoms with E-state index >= 15 is 0 Å². The third-order valence-electron chi connectivity index (χ3n) is 2.56. The molecule has 2 aromatic rings. The van der Waals surface area contributed by atoms with Crippen molar-refractivity contribution >= 4 is 27.3 Å². The molecular weight excluding hydrogens is 312 g/mol. The maximum Gasteiger partial charge on any atom is 0.274 e. The highest BCUT2D eigenvalue weighted by atomic mass is 79.9. The van der Waals surface area contributed by atoms with E-state index in [0.717, 1.165) is 10.2 Å². The van der Waals surface area contributed by atoms with Gasteiger partial charge in [-0.2, -0.15) is 0 Å². The number of anilines is 1. The van der Waals surface area contributed by atoms with Crippen LogP contribution < -0.4 is 5.32 Å². The molecule has 1 aromatic heterocycles. The minimum atomic E-state index is -0.394. The highest BCUT2D eigenvalue weighted by molar-refractivity contribution is 9.10. The number of halogens is 1. The number of aromatic nitrogens is 2. The van der Waals surface area contributed by atoms with E-state index in [1.54, 1.807) is 31.6 Å². The van der Waals surface area contributed by atoms with Crippen LogP contribution in [0.5, 0.6) is 0 Å². The molecule has 0 saturated heterocycles. The number of rotatable bonds is 4. The van der Waals surface area contributed by atoms with Gasteiger partial charge in [-0.05, 0) is 28.9 Å². The third kappa shape index (κ3) is 3.25. The molecule has 0 spiro atoms. The Morgan fingerprint density at radius 1 is 1.42 bits per heavy atom. The average molecular weight is 323 g/mol. The second-order valence-corrected chi connectivity index (χ2v) is 4.78. The summed E-state index contributed by atoms with van der Waals surface area (Å²) in [6, 6.07) is 3.23. The van der Waals surface area contributed by atoms with Crippen LogP contribution in [0.3, 0.4) is 0 Å². The zero-order chi connectivity index (χ0) is 13.8. The molecule has 98 valence electrons. The number of hydrogen-bond acceptors (Lipinski definition) is 5. The zero-order valence-electron chi connectivity index (χ0n) is 10.1. The number of nitro groups is 1. The lowest BCUT2D eigenvalue weighted by Gasteiger charge is -2.09. The van der Waals surface area contributed by atoms with E-state index in [4.69, 9.17) is 0 Å². The fourth-order valence-corrected chi connectivity index (χ4v) is 2.20. The lowest BCUT2D eigenvalue weighted by molar-refractivity contribution is -0.385. The maximum absolute atomic E-state index is 10.9. The van der Waals surface area contributed by atoms with Crippen molar-refractivity contribution in [3.8, 4) is 0 Å². The van der Waals surface area contributed by atoms with Crippen LogP contribution in [0.2, 0.25) is 0 Å². The minimum absolute atomic E-state index is 0.0878. The monoisotopic (exact) mass is 322 g/mol. The summed E-state index contributed by atoms with van der Waals surface area (Å²) in [6.45, 7) is 2.15. The van der Waals surface area contributed by atoms with Gasteiger partial charge in [-0.1, -0.05) is 0 Å². The summed E-state index contributed by atoms with van der Waals surface area (Å²) < 4.78 is 0.777. The highest BCUT2D eigenvalue weighted by Gasteiger charge is 2.14. The molecule has 7 heteroatoms. The van der Waals surface area contributed by atoms with Crippen molar-refractivity contribution in [2.24, 2.45) is 0 Å². The average Bonchev–Trinajstić information content (AvgIpc) is 2.38. The molecule has 1 N–H and O–H groups in total. The molecule has 0 unspecified atom stereocenters. The van der Waals surface area contributed by atoms with Gasteiger partial charge in [-0.15, -0.1) is 0 Å². The summed E-state index contributed by atoms with van der Waals surface area (Å²) in [4.78, 5) is 18.6. The lowest BCUT2D eigenvalue weighted by atomic mass is 10.2. The summed E-state index contributed by atoms with van der Waals surface area (Å²) in [5, 5.41) is 14.0. The first-order valence-corrected chi connectivity index (χ1v) is 6.30. The van der Waals surface area contributed by atoms with Crippen molar-refractivity contribution in [1.82, 2.24) is 9.97 Å². The normalized spacial score (nSPS) is 10.2. The van der Waals surface area contributed by atoms with Crippen LogP contribution in [-0.2, 0) is 6.54 Å². The Kier molecular flexibility index (Phi) is 4.06. The van der Waals surface area contributed by atoms with Crippen LogP contribution in [0, 0.1) is 17.0 Å². The molecule has 0 saturated carbocycles. The fraction of sp³-hybridized carbons (Fsp3) is 0.167. The van der Waals surface area contributed by atoms with Gasteiger partial charge in [-0.3, -0.25) is 20.1 Å². The van der Waals surface area contributed by atoms with E-state index in [2.05, 4.69) is 31.2 Å². The van der Waals surface area contributed by atoms with Gasteiger partial charge in [0.25, 0.3) is 5.69 Å². The quantitative estimate of drug-likeness (QED) is 0.691. The number of aryl methyl sites for hydroxylation is 1. The van der Waals surface area contributed by atoms with Gasteiger partial charge in [0, 0.05) is 28.5 Å². The molecule has 0 atom stereocenters. The first-order valence-electron chi connectivity index (χ1n) is 5.51. The Morgan fingerprint density at radius 3 is 2.84 bits per heavy atom. The van der Waals surface area contributed by atoms with Gasteiger partial charge in [0.15, 0.2) is 0 Å². The summed E-state index contributed by atoms with van der Waals surface area (Å²) >= 11 is 3.38. The van der Waals surface area contributed by atoms with Crippen LogP contribution >= 0.6 is 15.9 Å². The zero-order valence-corrected chi connectivity index (χ0v) is 11.7. The smallest absolute Gasteiger partial charge is 0.274 e. The fourth-order valence-electron chi connectivity index (χ4n) is 1.60. The van der Waals surface area contributed by atoms with Crippen LogP contribution in [0.25, 0.3) is 0 Å². The predicted octanol–water partition coefficient (Wildman–Crippen LogP) is 3.07. The van der Waals surface area contributed by atoms with Crippen molar-refractivity contribution in [2.75, 3.05) is 5.32 Å². The first-order chi connectivity index (χ1) is 9.08. The molecule has 0 aliphatic rings. The van der Waals surface area contributed by atoms with Crippen LogP contribution in [0.1, 0.15) is 11.3 Å². The van der Waals surface area contributed by atoms with Gasteiger partial charge in [-0.25, -0.2) is 0 Å². The molecule has 2 rings (SSSR count). The Bertz CT molecular complexity index is 604. The Balaban J connectivity index is 2.21. The number of nitro benzene ring substituents is 1. The van der Waals surface area contributed by atoms with Crippen LogP contribution in [-0.4, -0.2) is 14.9 Å². The molecule has 19 heavy (non-hydrogen) atoms. The number of hydrogen-bond donors (Lipinski definition) is 1. The van der Waals surface area contributed by atoms with Crippen LogP contribution in [0.15, 0.2) is 35.2 Å². The van der Waals surface area contributed by atoms with Gasteiger partial charge in [0.2, 0.25) is 0 Å². The standard InChI is InChI=1S/C12H11BrN4O2/c1-8-4-10(13)11(5-12(8)17(18)19)16-7-9-6-14-2-3-15-9/h2-6,16H,7H2,1H3. The summed E-state index contributed by atoms with van der Waals surface area (Å²) in [5.41, 5.74) is 2.12. The van der Waals surface area contributed by atoms with Gasteiger partial charge < -0.3 is 5.32 Å². The van der Waals surface area contributed by atoms with Gasteiger partial charge >= 0.3 is 0 Å². The molecule has 1 heterocycles. The molecule has 0 amide bonds. The molecule has 0 radical (unpaired) electrons. The Labute approximate surface area is 118 Å². The van der Waals surface area contributed by atoms with Crippen molar-refractivity contribution in [2.45, 2.75) is 13.5 Å². The van der Waals surface area contributed by atoms with E-state index in [1.807, 2.05) is 0 Å².